The fraction of sp³-hybridized carbons (Fsp3) is 0.278. The lowest BCUT2D eigenvalue weighted by Gasteiger charge is -2.18. The molecule has 1 amide bonds. The Hall–Kier alpha value is -2.70. The van der Waals surface area contributed by atoms with Crippen molar-refractivity contribution in [3.63, 3.8) is 0 Å². The van der Waals surface area contributed by atoms with Crippen LogP contribution in [0.4, 0.5) is 13.2 Å². The quantitative estimate of drug-likeness (QED) is 0.826. The second kappa shape index (κ2) is 8.41. The van der Waals surface area contributed by atoms with Gasteiger partial charge in [-0.1, -0.05) is 30.3 Å². The van der Waals surface area contributed by atoms with Gasteiger partial charge in [0, 0.05) is 0 Å². The first-order valence-electron chi connectivity index (χ1n) is 7.62. The average molecular weight is 353 g/mol. The van der Waals surface area contributed by atoms with E-state index in [4.69, 9.17) is 9.47 Å². The predicted octanol–water partition coefficient (Wildman–Crippen LogP) is 3.67. The largest absolute Gasteiger partial charge is 0.491 e. The van der Waals surface area contributed by atoms with Crippen molar-refractivity contribution in [2.75, 3.05) is 13.2 Å². The normalized spacial score (nSPS) is 12.3. The third-order valence-corrected chi connectivity index (χ3v) is 3.20. The van der Waals surface area contributed by atoms with Crippen LogP contribution >= 0.6 is 0 Å². The maximum Gasteiger partial charge on any atom is 0.419 e. The van der Waals surface area contributed by atoms with E-state index < -0.39 is 17.8 Å². The van der Waals surface area contributed by atoms with Gasteiger partial charge in [0.05, 0.1) is 11.6 Å². The van der Waals surface area contributed by atoms with E-state index in [1.807, 2.05) is 6.07 Å². The molecule has 25 heavy (non-hydrogen) atoms. The molecule has 0 aliphatic heterocycles. The number of hydrogen-bond donors (Lipinski definition) is 1. The van der Waals surface area contributed by atoms with Gasteiger partial charge in [-0.05, 0) is 31.2 Å². The molecule has 0 fully saturated rings. The van der Waals surface area contributed by atoms with E-state index in [2.05, 4.69) is 5.32 Å². The summed E-state index contributed by atoms with van der Waals surface area (Å²) in [5.74, 6) is -0.0960. The number of alkyl halides is 3. The highest BCUT2D eigenvalue weighted by molar-refractivity contribution is 5.77. The zero-order valence-electron chi connectivity index (χ0n) is 13.5. The molecule has 0 radical (unpaired) electrons. The van der Waals surface area contributed by atoms with Crippen LogP contribution in [0.15, 0.2) is 54.6 Å². The number of ether oxygens (including phenoxy) is 2. The van der Waals surface area contributed by atoms with Gasteiger partial charge >= 0.3 is 6.18 Å². The minimum Gasteiger partial charge on any atom is -0.491 e. The first-order valence-corrected chi connectivity index (χ1v) is 7.62. The number of nitrogens with one attached hydrogen (secondary N) is 1. The van der Waals surface area contributed by atoms with Crippen molar-refractivity contribution in [1.29, 1.82) is 0 Å². The van der Waals surface area contributed by atoms with Gasteiger partial charge in [-0.3, -0.25) is 4.79 Å². The number of benzene rings is 2. The van der Waals surface area contributed by atoms with Crippen molar-refractivity contribution in [3.8, 4) is 11.5 Å². The molecule has 0 aromatic heterocycles. The average Bonchev–Trinajstić information content (AvgIpc) is 2.58. The Morgan fingerprint density at radius 1 is 1.04 bits per heavy atom. The van der Waals surface area contributed by atoms with Gasteiger partial charge in [0.1, 0.15) is 18.1 Å². The van der Waals surface area contributed by atoms with E-state index in [0.717, 1.165) is 6.07 Å². The zero-order chi connectivity index (χ0) is 18.3. The summed E-state index contributed by atoms with van der Waals surface area (Å²) < 4.78 is 49.1. The summed E-state index contributed by atoms with van der Waals surface area (Å²) in [4.78, 5) is 11.8. The Morgan fingerprint density at radius 3 is 2.36 bits per heavy atom. The van der Waals surface area contributed by atoms with Crippen molar-refractivity contribution >= 4 is 5.91 Å². The van der Waals surface area contributed by atoms with Gasteiger partial charge in [0.15, 0.2) is 6.61 Å². The number of carbonyl (C=O) groups excluding carboxylic acids is 1. The van der Waals surface area contributed by atoms with Crippen LogP contribution in [0.25, 0.3) is 0 Å². The lowest BCUT2D eigenvalue weighted by Crippen LogP contribution is -2.39. The molecule has 2 aromatic carbocycles. The van der Waals surface area contributed by atoms with Crippen LogP contribution in [0.2, 0.25) is 0 Å². The van der Waals surface area contributed by atoms with Crippen molar-refractivity contribution in [2.45, 2.75) is 19.1 Å². The van der Waals surface area contributed by atoms with E-state index in [1.165, 1.54) is 18.2 Å². The maximum absolute atomic E-state index is 12.9. The molecule has 134 valence electrons. The van der Waals surface area contributed by atoms with Crippen LogP contribution in [0.5, 0.6) is 11.5 Å². The molecule has 0 spiro atoms. The molecular formula is C18H18F3NO3. The van der Waals surface area contributed by atoms with Crippen molar-refractivity contribution in [2.24, 2.45) is 0 Å². The van der Waals surface area contributed by atoms with Crippen molar-refractivity contribution in [1.82, 2.24) is 5.32 Å². The van der Waals surface area contributed by atoms with Crippen LogP contribution in [0.1, 0.15) is 12.5 Å². The Balaban J connectivity index is 1.81. The lowest BCUT2D eigenvalue weighted by atomic mass is 10.2. The van der Waals surface area contributed by atoms with Gasteiger partial charge in [-0.25, -0.2) is 0 Å². The molecule has 0 aliphatic rings. The number of carbonyl (C=O) groups is 1. The molecule has 1 N–H and O–H groups in total. The molecular weight excluding hydrogens is 335 g/mol. The zero-order valence-corrected chi connectivity index (χ0v) is 13.5. The summed E-state index contributed by atoms with van der Waals surface area (Å²) in [5, 5.41) is 2.61. The molecule has 1 atom stereocenters. The summed E-state index contributed by atoms with van der Waals surface area (Å²) in [6.07, 6.45) is -4.49. The molecule has 0 aliphatic carbocycles. The van der Waals surface area contributed by atoms with Crippen LogP contribution < -0.4 is 14.8 Å². The first kappa shape index (κ1) is 18.6. The molecule has 1 unspecified atom stereocenters. The molecule has 0 bridgehead atoms. The standard InChI is InChI=1S/C18H18F3NO3/c1-13(22-17(23)12-24-14-7-3-2-4-8-14)11-25-16-10-6-5-9-15(16)18(19,20)21/h2-10,13H,11-12H2,1H3,(H,22,23). The van der Waals surface area contributed by atoms with E-state index in [1.54, 1.807) is 31.2 Å². The van der Waals surface area contributed by atoms with Crippen molar-refractivity contribution in [3.05, 3.63) is 60.2 Å². The third-order valence-electron chi connectivity index (χ3n) is 3.20. The van der Waals surface area contributed by atoms with E-state index in [0.29, 0.717) is 5.75 Å². The molecule has 0 saturated heterocycles. The maximum atomic E-state index is 12.9. The van der Waals surface area contributed by atoms with Gasteiger partial charge in [-0.15, -0.1) is 0 Å². The topological polar surface area (TPSA) is 47.6 Å². The molecule has 4 nitrogen and oxygen atoms in total. The van der Waals surface area contributed by atoms with Crippen molar-refractivity contribution < 1.29 is 27.4 Å². The Bertz CT molecular complexity index is 689. The van der Waals surface area contributed by atoms with Gasteiger partial charge in [-0.2, -0.15) is 13.2 Å². The summed E-state index contributed by atoms with van der Waals surface area (Å²) >= 11 is 0. The third kappa shape index (κ3) is 6.02. The minimum absolute atomic E-state index is 0.0931. The van der Waals surface area contributed by atoms with E-state index in [-0.39, 0.29) is 24.9 Å². The highest BCUT2D eigenvalue weighted by Gasteiger charge is 2.34. The molecule has 2 rings (SSSR count). The van der Waals surface area contributed by atoms with E-state index >= 15 is 0 Å². The second-order valence-electron chi connectivity index (χ2n) is 5.38. The summed E-state index contributed by atoms with van der Waals surface area (Å²) in [7, 11) is 0. The fourth-order valence-corrected chi connectivity index (χ4v) is 2.07. The molecule has 2 aromatic rings. The molecule has 0 heterocycles. The number of amides is 1. The Morgan fingerprint density at radius 2 is 1.68 bits per heavy atom. The Labute approximate surface area is 143 Å². The minimum atomic E-state index is -4.49. The highest BCUT2D eigenvalue weighted by Crippen LogP contribution is 2.35. The molecule has 0 saturated carbocycles. The molecule has 7 heteroatoms. The van der Waals surface area contributed by atoms with E-state index in [9.17, 15) is 18.0 Å². The SMILES string of the molecule is CC(COc1ccccc1C(F)(F)F)NC(=O)COc1ccccc1. The van der Waals surface area contributed by atoms with Gasteiger partial charge in [0.25, 0.3) is 5.91 Å². The van der Waals surface area contributed by atoms with Crippen LogP contribution in [-0.4, -0.2) is 25.2 Å². The van der Waals surface area contributed by atoms with Gasteiger partial charge in [0.2, 0.25) is 0 Å². The van der Waals surface area contributed by atoms with Crippen LogP contribution in [0.3, 0.4) is 0 Å². The fourth-order valence-electron chi connectivity index (χ4n) is 2.07. The second-order valence-corrected chi connectivity index (χ2v) is 5.38. The Kier molecular flexibility index (Phi) is 6.27. The number of halogens is 3. The lowest BCUT2D eigenvalue weighted by molar-refractivity contribution is -0.139. The highest BCUT2D eigenvalue weighted by atomic mass is 19.4. The van der Waals surface area contributed by atoms with Crippen LogP contribution in [0, 0.1) is 0 Å². The summed E-state index contributed by atoms with van der Waals surface area (Å²) in [5.41, 5.74) is -0.846. The predicted molar refractivity (Wildman–Crippen MR) is 86.5 cm³/mol. The summed E-state index contributed by atoms with van der Waals surface area (Å²) in [6.45, 7) is 1.36. The van der Waals surface area contributed by atoms with Gasteiger partial charge < -0.3 is 14.8 Å². The summed E-state index contributed by atoms with van der Waals surface area (Å²) in [6, 6.07) is 13.3. The van der Waals surface area contributed by atoms with Crippen LogP contribution in [-0.2, 0) is 11.0 Å². The smallest absolute Gasteiger partial charge is 0.419 e. The first-order chi connectivity index (χ1) is 11.9. The number of para-hydroxylation sites is 2. The number of rotatable bonds is 7. The number of hydrogen-bond acceptors (Lipinski definition) is 3. The monoisotopic (exact) mass is 353 g/mol.